The van der Waals surface area contributed by atoms with Crippen LogP contribution in [0.5, 0.6) is 0 Å². The van der Waals surface area contributed by atoms with E-state index in [4.69, 9.17) is 40.1 Å². The highest BCUT2D eigenvalue weighted by Crippen LogP contribution is 2.35. The van der Waals surface area contributed by atoms with Gasteiger partial charge in [-0.25, -0.2) is 4.79 Å². The van der Waals surface area contributed by atoms with Gasteiger partial charge in [0.1, 0.15) is 48.8 Å². The third-order valence-corrected chi connectivity index (χ3v) is 16.0. The van der Waals surface area contributed by atoms with Crippen molar-refractivity contribution in [2.24, 2.45) is 55.1 Å². The number of rotatable bonds is 31. The molecule has 9 atom stereocenters. The van der Waals surface area contributed by atoms with E-state index in [1.807, 2.05) is 6.92 Å². The third kappa shape index (κ3) is 20.7. The number of carbonyl (C=O) groups is 10. The number of carbonyl (C=O) groups excluding carboxylic acids is 9. The van der Waals surface area contributed by atoms with Crippen molar-refractivity contribution in [2.45, 2.75) is 130 Å². The van der Waals surface area contributed by atoms with E-state index in [-0.39, 0.29) is 108 Å². The predicted octanol–water partition coefficient (Wildman–Crippen LogP) is -6.20. The average molecular weight is 1240 g/mol. The maximum atomic E-state index is 14.4. The molecule has 1 aromatic heterocycles. The number of thioether (sulfide) groups is 1. The average Bonchev–Trinajstić information content (AvgIpc) is 2.15. The van der Waals surface area contributed by atoms with E-state index in [9.17, 15) is 63.3 Å². The van der Waals surface area contributed by atoms with Crippen LogP contribution in [-0.2, 0) is 54.4 Å². The van der Waals surface area contributed by atoms with E-state index in [0.29, 0.717) is 28.3 Å². The summed E-state index contributed by atoms with van der Waals surface area (Å²) in [6.07, 6.45) is 0.122. The number of aryl methyl sites for hydroxylation is 1. The number of aliphatic hydroxyl groups excluding tert-OH is 2. The van der Waals surface area contributed by atoms with E-state index in [0.717, 1.165) is 15.4 Å². The van der Waals surface area contributed by atoms with Crippen LogP contribution in [0.1, 0.15) is 68.2 Å². The molecule has 86 heavy (non-hydrogen) atoms. The lowest BCUT2D eigenvalue weighted by Crippen LogP contribution is -2.59. The van der Waals surface area contributed by atoms with E-state index in [1.54, 1.807) is 35.7 Å². The number of nitrogens with one attached hydrogen (secondary N) is 6. The summed E-state index contributed by atoms with van der Waals surface area (Å²) in [6, 6.07) is -1.92. The van der Waals surface area contributed by atoms with Crippen LogP contribution in [-0.4, -0.2) is 215 Å². The van der Waals surface area contributed by atoms with Gasteiger partial charge in [-0.2, -0.15) is 0 Å². The fourth-order valence-corrected chi connectivity index (χ4v) is 11.6. The number of nitrogens with zero attached hydrogens (tertiary/aromatic N) is 6. The van der Waals surface area contributed by atoms with Gasteiger partial charge in [0, 0.05) is 61.1 Å². The zero-order chi connectivity index (χ0) is 63.2. The Morgan fingerprint density at radius 3 is 2.00 bits per heavy atom. The van der Waals surface area contributed by atoms with Crippen LogP contribution in [0.4, 0.5) is 5.69 Å². The number of hydrogen-bond donors (Lipinski definition) is 16. The van der Waals surface area contributed by atoms with Crippen LogP contribution >= 0.6 is 23.1 Å². The fourth-order valence-electron chi connectivity index (χ4n) is 9.71. The molecule has 0 radical (unpaired) electrons. The molecule has 0 bridgehead atoms. The Bertz CT molecular complexity index is 2830. The van der Waals surface area contributed by atoms with Gasteiger partial charge in [-0.05, 0) is 87.4 Å². The van der Waals surface area contributed by atoms with Gasteiger partial charge in [-0.1, -0.05) is 12.1 Å². The monoisotopic (exact) mass is 1240 g/mol. The molecule has 4 heterocycles. The number of guanidine groups is 3. The molecule has 32 nitrogen and oxygen atoms in total. The maximum Gasteiger partial charge on any atom is 0.326 e. The molecule has 0 spiro atoms. The number of likely N-dealkylation sites (tertiary alicyclic amines) is 2. The number of aliphatic carboxylic acids is 1. The SMILES string of the molecule is Cc1ccc2c(c1)SCC(NC(=O)[C@H](CO)NC(=O)[C@H](Cc1cccs1)NC(=O)CNC(=O)[C@@H]1CC(O)CN1C(=O)[C@@H]1CCCN1C(=O)[C@H](CCCN=C(N)N)NC(=O)[C@H](N)CCCN=C(N)N)C(=O)N2CC(=O)N[C@H](CCCN=C(N)N)C(=O)O. The topological polar surface area (TPSA) is 533 Å². The highest BCUT2D eigenvalue weighted by atomic mass is 32.2. The number of thiophene rings is 1. The minimum Gasteiger partial charge on any atom is -0.480 e. The van der Waals surface area contributed by atoms with Gasteiger partial charge >= 0.3 is 5.97 Å². The zero-order valence-electron chi connectivity index (χ0n) is 47.6. The quantitative estimate of drug-likeness (QED) is 0.0190. The van der Waals surface area contributed by atoms with E-state index < -0.39 is 133 Å². The van der Waals surface area contributed by atoms with Gasteiger partial charge in [-0.3, -0.25) is 58.1 Å². The largest absolute Gasteiger partial charge is 0.480 e. The summed E-state index contributed by atoms with van der Waals surface area (Å²) < 4.78 is 0. The van der Waals surface area contributed by atoms with Crippen LogP contribution in [0.2, 0.25) is 0 Å². The van der Waals surface area contributed by atoms with Crippen molar-refractivity contribution in [3.05, 3.63) is 46.2 Å². The van der Waals surface area contributed by atoms with Gasteiger partial charge in [-0.15, -0.1) is 23.1 Å². The molecule has 2 saturated heterocycles. The Hall–Kier alpha value is -8.34. The molecule has 0 saturated carbocycles. The molecular formula is C52H79N19O13S2. The number of anilines is 1. The minimum atomic E-state index is -1.69. The number of hydrogen-bond acceptors (Lipinski definition) is 18. The minimum absolute atomic E-state index is 0.0387. The van der Waals surface area contributed by atoms with Crippen molar-refractivity contribution in [1.29, 1.82) is 0 Å². The van der Waals surface area contributed by atoms with Crippen LogP contribution in [0.3, 0.4) is 0 Å². The highest BCUT2D eigenvalue weighted by molar-refractivity contribution is 7.99. The second-order valence-electron chi connectivity index (χ2n) is 20.7. The van der Waals surface area contributed by atoms with Crippen molar-refractivity contribution >= 4 is 106 Å². The van der Waals surface area contributed by atoms with Crippen LogP contribution < -0.4 is 76.9 Å². The zero-order valence-corrected chi connectivity index (χ0v) is 49.2. The van der Waals surface area contributed by atoms with Crippen LogP contribution in [0.25, 0.3) is 0 Å². The number of aliphatic imine (C=N–C) groups is 3. The molecule has 3 aliphatic rings. The van der Waals surface area contributed by atoms with Crippen molar-refractivity contribution in [3.63, 3.8) is 0 Å². The molecule has 3 aliphatic heterocycles. The van der Waals surface area contributed by atoms with Gasteiger partial charge < -0.3 is 102 Å². The standard InChI is InChI=1S/C52H79N19O13S2/c1-27-12-13-36-39(19-27)86-26-35(47(81)71(36)24-41(75)64-32(49(83)84)10-4-16-62-52(58)59)68-44(78)34(25-72)67-43(77)33(21-29-7-6-18-85-29)65-40(74)22-63-45(79)38-20-28(73)23-70(38)48(82)37-11-5-17-69(37)46(80)31(9-3-15-61-51(56)57)66-42(76)30(53)8-2-14-60-50(54)55/h6-7,12-13,18-19,28,30-35,37-38,72-73H,2-5,8-11,14-17,20-26,53H2,1H3,(H,63,79)(H,64,75)(H,65,74)(H,66,76)(H,67,77)(H,68,78)(H,83,84)(H4,54,55,60)(H4,56,57,61)(H4,58,59,62)/t28?,30-,31+,32-,33+,34+,35?,37+,38+/m1/s1. The lowest BCUT2D eigenvalue weighted by atomic mass is 10.1. The maximum absolute atomic E-state index is 14.4. The Morgan fingerprint density at radius 1 is 0.756 bits per heavy atom. The molecule has 34 heteroatoms. The summed E-state index contributed by atoms with van der Waals surface area (Å²) in [5.41, 5.74) is 39.7. The highest BCUT2D eigenvalue weighted by Gasteiger charge is 2.46. The Balaban J connectivity index is 1.22. The van der Waals surface area contributed by atoms with Crippen molar-refractivity contribution in [1.82, 2.24) is 41.7 Å². The number of carboxylic acids is 1. The first-order chi connectivity index (χ1) is 40.9. The summed E-state index contributed by atoms with van der Waals surface area (Å²) in [4.78, 5) is 153. The molecular weight excluding hydrogens is 1160 g/mol. The van der Waals surface area contributed by atoms with Crippen LogP contribution in [0, 0.1) is 6.92 Å². The van der Waals surface area contributed by atoms with Crippen molar-refractivity contribution in [2.75, 3.05) is 63.1 Å². The summed E-state index contributed by atoms with van der Waals surface area (Å²) in [5, 5.41) is 47.9. The molecule has 23 N–H and O–H groups in total. The van der Waals surface area contributed by atoms with E-state index >= 15 is 0 Å². The molecule has 1 aromatic carbocycles. The molecule has 2 aromatic rings. The number of aliphatic hydroxyl groups is 2. The second kappa shape index (κ2) is 33.4. The van der Waals surface area contributed by atoms with Gasteiger partial charge in [0.05, 0.1) is 31.0 Å². The first-order valence-electron chi connectivity index (χ1n) is 27.8. The lowest BCUT2D eigenvalue weighted by Gasteiger charge is -2.33. The smallest absolute Gasteiger partial charge is 0.326 e. The third-order valence-electron chi connectivity index (χ3n) is 14.0. The molecule has 472 valence electrons. The number of amides is 9. The van der Waals surface area contributed by atoms with E-state index in [1.165, 1.54) is 28.0 Å². The summed E-state index contributed by atoms with van der Waals surface area (Å²) >= 11 is 2.43. The molecule has 2 unspecified atom stereocenters. The first kappa shape index (κ1) is 68.4. The Morgan fingerprint density at radius 2 is 1.38 bits per heavy atom. The first-order valence-corrected chi connectivity index (χ1v) is 29.6. The number of benzene rings is 1. The molecule has 0 aliphatic carbocycles. The van der Waals surface area contributed by atoms with Crippen LogP contribution in [0.15, 0.2) is 55.6 Å². The fraction of sp³-hybridized carbons (Fsp3) is 0.558. The molecule has 2 fully saturated rings. The van der Waals surface area contributed by atoms with Gasteiger partial charge in [0.15, 0.2) is 17.9 Å². The number of nitrogens with two attached hydrogens (primary N) is 7. The van der Waals surface area contributed by atoms with Crippen molar-refractivity contribution in [3.8, 4) is 0 Å². The van der Waals surface area contributed by atoms with Crippen molar-refractivity contribution < 1.29 is 63.3 Å². The molecule has 5 rings (SSSR count). The summed E-state index contributed by atoms with van der Waals surface area (Å²) in [6.45, 7) is -0.254. The number of fused-ring (bicyclic) bond motifs is 1. The van der Waals surface area contributed by atoms with Gasteiger partial charge in [0.2, 0.25) is 47.3 Å². The lowest BCUT2D eigenvalue weighted by molar-refractivity contribution is -0.148. The Kier molecular flexibility index (Phi) is 26.6. The normalized spacial score (nSPS) is 19.0. The second-order valence-corrected chi connectivity index (χ2v) is 22.8. The number of carboxylic acid groups (broad SMARTS) is 1. The predicted molar refractivity (Wildman–Crippen MR) is 318 cm³/mol. The summed E-state index contributed by atoms with van der Waals surface area (Å²) in [5.74, 6) is -9.02. The molecule has 9 amide bonds. The number of β-amino-alcohol motifs (C(OH)–C–C–N with tert-alkyl or cyclic N) is 1. The summed E-state index contributed by atoms with van der Waals surface area (Å²) in [7, 11) is 0. The van der Waals surface area contributed by atoms with Gasteiger partial charge in [0.25, 0.3) is 5.91 Å². The Labute approximate surface area is 503 Å². The van der Waals surface area contributed by atoms with E-state index in [2.05, 4.69) is 46.9 Å².